The zero-order valence-corrected chi connectivity index (χ0v) is 15.3. The maximum absolute atomic E-state index is 13.6. The Hall–Kier alpha value is -1.96. The van der Waals surface area contributed by atoms with Crippen molar-refractivity contribution in [2.45, 2.75) is 16.5 Å². The van der Waals surface area contributed by atoms with Gasteiger partial charge in [-0.1, -0.05) is 71.1 Å². The van der Waals surface area contributed by atoms with Crippen LogP contribution in [0.25, 0.3) is 0 Å². The Morgan fingerprint density at radius 3 is 2.60 bits per heavy atom. The van der Waals surface area contributed by atoms with Crippen molar-refractivity contribution in [3.05, 3.63) is 70.5 Å². The minimum Gasteiger partial charge on any atom is -0.300 e. The van der Waals surface area contributed by atoms with Crippen LogP contribution in [0.1, 0.15) is 11.1 Å². The maximum Gasteiger partial charge on any atom is 0.230 e. The first-order valence-corrected chi connectivity index (χ1v) is 9.53. The molecule has 0 atom stereocenters. The van der Waals surface area contributed by atoms with Crippen molar-refractivity contribution < 1.29 is 9.18 Å². The molecule has 1 heterocycles. The Balaban J connectivity index is 1.55. The third-order valence-electron chi connectivity index (χ3n) is 3.27. The summed E-state index contributed by atoms with van der Waals surface area (Å²) < 4.78 is 14.3. The molecule has 0 aliphatic rings. The van der Waals surface area contributed by atoms with E-state index in [0.717, 1.165) is 5.56 Å². The van der Waals surface area contributed by atoms with Crippen LogP contribution in [0.15, 0.2) is 52.9 Å². The summed E-state index contributed by atoms with van der Waals surface area (Å²) in [5.74, 6) is -0.00260. The summed E-state index contributed by atoms with van der Waals surface area (Å²) in [6.45, 7) is 0. The SMILES string of the molecule is O=C(Cc1ccccc1Cl)Nc1nnc(SCc2ccccc2F)s1. The quantitative estimate of drug-likeness (QED) is 0.482. The highest BCUT2D eigenvalue weighted by atomic mass is 35.5. The zero-order valence-electron chi connectivity index (χ0n) is 12.9. The molecule has 3 aromatic rings. The van der Waals surface area contributed by atoms with Crippen molar-refractivity contribution in [1.82, 2.24) is 10.2 Å². The molecular weight excluding hydrogens is 381 g/mol. The molecule has 0 aliphatic heterocycles. The Kier molecular flexibility index (Phi) is 6.01. The van der Waals surface area contributed by atoms with E-state index < -0.39 is 0 Å². The average Bonchev–Trinajstić information content (AvgIpc) is 3.03. The first-order valence-electron chi connectivity index (χ1n) is 7.35. The van der Waals surface area contributed by atoms with Gasteiger partial charge >= 0.3 is 0 Å². The van der Waals surface area contributed by atoms with Gasteiger partial charge in [0.15, 0.2) is 4.34 Å². The standard InChI is InChI=1S/C17H13ClFN3OS2/c18-13-7-3-1-5-11(13)9-15(23)20-16-21-22-17(25-16)24-10-12-6-2-4-8-14(12)19/h1-8H,9-10H2,(H,20,21,23). The lowest BCUT2D eigenvalue weighted by Crippen LogP contribution is -2.14. The topological polar surface area (TPSA) is 54.9 Å². The number of nitrogens with one attached hydrogen (secondary N) is 1. The predicted molar refractivity (Wildman–Crippen MR) is 99.7 cm³/mol. The first kappa shape index (κ1) is 17.8. The number of hydrogen-bond acceptors (Lipinski definition) is 5. The number of carbonyl (C=O) groups is 1. The van der Waals surface area contributed by atoms with Gasteiger partial charge in [0.25, 0.3) is 0 Å². The number of anilines is 1. The van der Waals surface area contributed by atoms with Crippen LogP contribution < -0.4 is 5.32 Å². The Morgan fingerprint density at radius 2 is 1.84 bits per heavy atom. The minimum absolute atomic E-state index is 0.164. The van der Waals surface area contributed by atoms with Crippen LogP contribution in [0.5, 0.6) is 0 Å². The molecule has 0 saturated carbocycles. The molecule has 1 aromatic heterocycles. The van der Waals surface area contributed by atoms with E-state index in [9.17, 15) is 9.18 Å². The van der Waals surface area contributed by atoms with E-state index in [1.54, 1.807) is 30.3 Å². The molecule has 25 heavy (non-hydrogen) atoms. The number of hydrogen-bond donors (Lipinski definition) is 1. The number of carbonyl (C=O) groups excluding carboxylic acids is 1. The highest BCUT2D eigenvalue weighted by Gasteiger charge is 2.11. The molecule has 0 fully saturated rings. The predicted octanol–water partition coefficient (Wildman–Crippen LogP) is 4.80. The van der Waals surface area contributed by atoms with E-state index >= 15 is 0 Å². The largest absolute Gasteiger partial charge is 0.300 e. The molecule has 128 valence electrons. The number of aromatic nitrogens is 2. The lowest BCUT2D eigenvalue weighted by atomic mass is 10.1. The molecule has 8 heteroatoms. The van der Waals surface area contributed by atoms with Gasteiger partial charge in [0.05, 0.1) is 6.42 Å². The number of nitrogens with zero attached hydrogens (tertiary/aromatic N) is 2. The summed E-state index contributed by atoms with van der Waals surface area (Å²) in [5.41, 5.74) is 1.35. The molecule has 1 N–H and O–H groups in total. The third kappa shape index (κ3) is 5.01. The van der Waals surface area contributed by atoms with Crippen LogP contribution in [0.2, 0.25) is 5.02 Å². The van der Waals surface area contributed by atoms with E-state index in [0.29, 0.717) is 25.8 Å². The number of thioether (sulfide) groups is 1. The second-order valence-electron chi connectivity index (χ2n) is 5.07. The van der Waals surface area contributed by atoms with Gasteiger partial charge in [0, 0.05) is 10.8 Å². The first-order chi connectivity index (χ1) is 12.1. The van der Waals surface area contributed by atoms with Gasteiger partial charge in [-0.3, -0.25) is 4.79 Å². The molecule has 2 aromatic carbocycles. The molecule has 3 rings (SSSR count). The van der Waals surface area contributed by atoms with Crippen molar-refractivity contribution >= 4 is 45.7 Å². The van der Waals surface area contributed by atoms with Crippen LogP contribution in [-0.4, -0.2) is 16.1 Å². The molecule has 0 bridgehead atoms. The normalized spacial score (nSPS) is 10.6. The van der Waals surface area contributed by atoms with Crippen molar-refractivity contribution in [2.75, 3.05) is 5.32 Å². The summed E-state index contributed by atoms with van der Waals surface area (Å²) in [6.07, 6.45) is 0.164. The van der Waals surface area contributed by atoms with Crippen LogP contribution >= 0.6 is 34.7 Å². The lowest BCUT2D eigenvalue weighted by Gasteiger charge is -2.03. The highest BCUT2D eigenvalue weighted by Crippen LogP contribution is 2.29. The molecule has 0 radical (unpaired) electrons. The lowest BCUT2D eigenvalue weighted by molar-refractivity contribution is -0.115. The van der Waals surface area contributed by atoms with E-state index in [4.69, 9.17) is 11.6 Å². The second-order valence-corrected chi connectivity index (χ2v) is 7.68. The number of halogens is 2. The number of rotatable bonds is 6. The molecule has 0 saturated heterocycles. The smallest absolute Gasteiger partial charge is 0.230 e. The number of benzene rings is 2. The summed E-state index contributed by atoms with van der Waals surface area (Å²) in [5, 5.41) is 11.6. The van der Waals surface area contributed by atoms with Crippen molar-refractivity contribution in [1.29, 1.82) is 0 Å². The second kappa shape index (κ2) is 8.42. The van der Waals surface area contributed by atoms with Crippen LogP contribution in [0.3, 0.4) is 0 Å². The Bertz CT molecular complexity index is 888. The van der Waals surface area contributed by atoms with Gasteiger partial charge in [-0.2, -0.15) is 0 Å². The van der Waals surface area contributed by atoms with E-state index in [1.807, 2.05) is 12.1 Å². The molecule has 0 spiro atoms. The Labute approximate surface area is 157 Å². The monoisotopic (exact) mass is 393 g/mol. The van der Waals surface area contributed by atoms with Gasteiger partial charge in [0.1, 0.15) is 5.82 Å². The highest BCUT2D eigenvalue weighted by molar-refractivity contribution is 8.00. The van der Waals surface area contributed by atoms with E-state index in [2.05, 4.69) is 15.5 Å². The Morgan fingerprint density at radius 1 is 1.12 bits per heavy atom. The summed E-state index contributed by atoms with van der Waals surface area (Å²) >= 11 is 8.68. The third-order valence-corrected chi connectivity index (χ3v) is 5.66. The van der Waals surface area contributed by atoms with Crippen LogP contribution in [-0.2, 0) is 17.0 Å². The zero-order chi connectivity index (χ0) is 17.6. The van der Waals surface area contributed by atoms with Gasteiger partial charge in [0.2, 0.25) is 11.0 Å². The molecular formula is C17H13ClFN3OS2. The van der Waals surface area contributed by atoms with E-state index in [-0.39, 0.29) is 18.1 Å². The van der Waals surface area contributed by atoms with Crippen LogP contribution in [0, 0.1) is 5.82 Å². The van der Waals surface area contributed by atoms with Crippen molar-refractivity contribution in [3.8, 4) is 0 Å². The van der Waals surface area contributed by atoms with Gasteiger partial charge < -0.3 is 5.32 Å². The summed E-state index contributed by atoms with van der Waals surface area (Å²) in [4.78, 5) is 12.1. The number of amides is 1. The van der Waals surface area contributed by atoms with E-state index in [1.165, 1.54) is 29.2 Å². The molecule has 1 amide bonds. The fourth-order valence-electron chi connectivity index (χ4n) is 2.05. The fraction of sp³-hybridized carbons (Fsp3) is 0.118. The van der Waals surface area contributed by atoms with Gasteiger partial charge in [-0.15, -0.1) is 10.2 Å². The van der Waals surface area contributed by atoms with Gasteiger partial charge in [-0.05, 0) is 23.3 Å². The maximum atomic E-state index is 13.6. The summed E-state index contributed by atoms with van der Waals surface area (Å²) in [6, 6.07) is 13.8. The van der Waals surface area contributed by atoms with Crippen molar-refractivity contribution in [2.24, 2.45) is 0 Å². The van der Waals surface area contributed by atoms with Crippen LogP contribution in [0.4, 0.5) is 9.52 Å². The molecule has 4 nitrogen and oxygen atoms in total. The summed E-state index contributed by atoms with van der Waals surface area (Å²) in [7, 11) is 0. The molecule has 0 unspecified atom stereocenters. The fourth-order valence-corrected chi connectivity index (χ4v) is 4.01. The van der Waals surface area contributed by atoms with Crippen molar-refractivity contribution in [3.63, 3.8) is 0 Å². The molecule has 0 aliphatic carbocycles. The van der Waals surface area contributed by atoms with Gasteiger partial charge in [-0.25, -0.2) is 4.39 Å². The average molecular weight is 394 g/mol. The minimum atomic E-state index is -0.243.